The van der Waals surface area contributed by atoms with E-state index in [1.54, 1.807) is 19.1 Å². The summed E-state index contributed by atoms with van der Waals surface area (Å²) in [6, 6.07) is 0. The molecule has 0 aromatic rings. The van der Waals surface area contributed by atoms with E-state index in [1.807, 2.05) is 45.9 Å². The molecule has 2 N–H and O–H groups in total. The highest BCUT2D eigenvalue weighted by Crippen LogP contribution is 2.36. The lowest BCUT2D eigenvalue weighted by molar-refractivity contribution is -0.156. The van der Waals surface area contributed by atoms with Crippen LogP contribution in [0.2, 0.25) is 0 Å². The Kier molecular flexibility index (Phi) is 11.8. The fraction of sp³-hybridized carbons (Fsp3) is 0.667. The molecule has 0 amide bonds. The van der Waals surface area contributed by atoms with Crippen LogP contribution >= 0.6 is 0 Å². The van der Waals surface area contributed by atoms with Gasteiger partial charge in [0, 0.05) is 24.8 Å². The highest BCUT2D eigenvalue weighted by Gasteiger charge is 2.44. The molecule has 1 fully saturated rings. The molecule has 9 unspecified atom stereocenters. The van der Waals surface area contributed by atoms with Crippen LogP contribution in [0.1, 0.15) is 74.1 Å². The summed E-state index contributed by atoms with van der Waals surface area (Å²) in [6.07, 6.45) is 13.6. The van der Waals surface area contributed by atoms with Crippen LogP contribution in [0.4, 0.5) is 0 Å². The topological polar surface area (TPSA) is 106 Å². The van der Waals surface area contributed by atoms with E-state index in [0.717, 1.165) is 18.4 Å². The Labute approximate surface area is 222 Å². The van der Waals surface area contributed by atoms with Gasteiger partial charge in [-0.15, -0.1) is 0 Å². The number of epoxide rings is 1. The van der Waals surface area contributed by atoms with Crippen LogP contribution in [0.5, 0.6) is 0 Å². The van der Waals surface area contributed by atoms with Crippen molar-refractivity contribution in [2.45, 2.75) is 110 Å². The number of aliphatic hydroxyl groups excluding tert-OH is 1. The summed E-state index contributed by atoms with van der Waals surface area (Å²) in [4.78, 5) is 24.1. The Morgan fingerprint density at radius 2 is 2.00 bits per heavy atom. The standard InChI is InChI=1S/C30H46O7/c1-8-24(32)22(5)29-25(36-29)18-19(2)12-11-13-20(3)28-21(4)15-16-26(35-23(6)31)30(7,34)17-10-9-14-27(33)37-28/h9,11-16,19,21-22,24-26,28-29,32,34H,8,10,17-18H2,1-7H3/b12-11+,14-9-,16-15+,20-13+. The first kappa shape index (κ1) is 31.0. The van der Waals surface area contributed by atoms with Crippen LogP contribution in [-0.2, 0) is 23.8 Å². The molecule has 0 spiro atoms. The molecule has 2 aliphatic rings. The zero-order chi connectivity index (χ0) is 27.8. The van der Waals surface area contributed by atoms with E-state index in [1.165, 1.54) is 13.0 Å². The van der Waals surface area contributed by atoms with Gasteiger partial charge in [-0.1, -0.05) is 58.1 Å². The second-order valence-corrected chi connectivity index (χ2v) is 10.9. The van der Waals surface area contributed by atoms with Crippen molar-refractivity contribution < 1.29 is 34.0 Å². The Balaban J connectivity index is 2.10. The van der Waals surface area contributed by atoms with Crippen LogP contribution in [0.25, 0.3) is 0 Å². The molecule has 2 heterocycles. The summed E-state index contributed by atoms with van der Waals surface area (Å²) in [5.74, 6) is -0.706. The summed E-state index contributed by atoms with van der Waals surface area (Å²) in [7, 11) is 0. The predicted octanol–water partition coefficient (Wildman–Crippen LogP) is 4.83. The molecule has 7 heteroatoms. The second kappa shape index (κ2) is 14.1. The monoisotopic (exact) mass is 518 g/mol. The number of hydrogen-bond acceptors (Lipinski definition) is 7. The number of rotatable bonds is 9. The molecular weight excluding hydrogens is 472 g/mol. The third kappa shape index (κ3) is 9.87. The van der Waals surface area contributed by atoms with Crippen LogP contribution in [0.15, 0.2) is 48.1 Å². The molecule has 208 valence electrons. The van der Waals surface area contributed by atoms with Crippen LogP contribution in [-0.4, -0.2) is 58.3 Å². The van der Waals surface area contributed by atoms with Gasteiger partial charge in [-0.2, -0.15) is 0 Å². The van der Waals surface area contributed by atoms with Gasteiger partial charge in [0.1, 0.15) is 17.8 Å². The molecule has 0 radical (unpaired) electrons. The Hall–Kier alpha value is -2.22. The number of cyclic esters (lactones) is 1. The van der Waals surface area contributed by atoms with Crippen LogP contribution in [0, 0.1) is 17.8 Å². The van der Waals surface area contributed by atoms with Crippen LogP contribution in [0.3, 0.4) is 0 Å². The maximum absolute atomic E-state index is 12.5. The van der Waals surface area contributed by atoms with Gasteiger partial charge in [-0.3, -0.25) is 4.79 Å². The SMILES string of the molecule is CCC(O)C(C)C1OC1CC(C)/C=C/C=C(\C)C1OC(=O)/C=C\CCC(C)(O)C(OC(C)=O)/C=C/C1C. The number of carbonyl (C=O) groups excluding carboxylic acids is 2. The lowest BCUT2D eigenvalue weighted by atomic mass is 9.90. The summed E-state index contributed by atoms with van der Waals surface area (Å²) < 4.78 is 17.0. The average Bonchev–Trinajstić information content (AvgIpc) is 3.59. The number of carbonyl (C=O) groups is 2. The Bertz CT molecular complexity index is 884. The lowest BCUT2D eigenvalue weighted by Gasteiger charge is -2.31. The van der Waals surface area contributed by atoms with Crippen molar-refractivity contribution in [1.29, 1.82) is 0 Å². The minimum absolute atomic E-state index is 0.121. The zero-order valence-corrected chi connectivity index (χ0v) is 23.4. The van der Waals surface area contributed by atoms with Gasteiger partial charge < -0.3 is 24.4 Å². The Morgan fingerprint density at radius 1 is 1.30 bits per heavy atom. The van der Waals surface area contributed by atoms with Gasteiger partial charge in [-0.05, 0) is 57.1 Å². The van der Waals surface area contributed by atoms with Gasteiger partial charge in [0.25, 0.3) is 0 Å². The molecular formula is C30H46O7. The summed E-state index contributed by atoms with van der Waals surface area (Å²) >= 11 is 0. The average molecular weight is 519 g/mol. The lowest BCUT2D eigenvalue weighted by Crippen LogP contribution is -2.41. The highest BCUT2D eigenvalue weighted by atomic mass is 16.6. The molecule has 0 saturated carbocycles. The molecule has 2 aliphatic heterocycles. The Morgan fingerprint density at radius 3 is 2.65 bits per heavy atom. The first-order valence-electron chi connectivity index (χ1n) is 13.5. The van der Waals surface area contributed by atoms with Gasteiger partial charge >= 0.3 is 11.9 Å². The molecule has 7 nitrogen and oxygen atoms in total. The van der Waals surface area contributed by atoms with Gasteiger partial charge in [-0.25, -0.2) is 4.79 Å². The molecule has 0 bridgehead atoms. The summed E-state index contributed by atoms with van der Waals surface area (Å²) in [5, 5.41) is 20.9. The van der Waals surface area contributed by atoms with Crippen LogP contribution < -0.4 is 0 Å². The van der Waals surface area contributed by atoms with Gasteiger partial charge in [0.15, 0.2) is 0 Å². The number of allylic oxidation sites excluding steroid dienone is 4. The van der Waals surface area contributed by atoms with E-state index in [9.17, 15) is 19.8 Å². The number of hydrogen-bond donors (Lipinski definition) is 2. The van der Waals surface area contributed by atoms with E-state index >= 15 is 0 Å². The van der Waals surface area contributed by atoms with Gasteiger partial charge in [0.05, 0.1) is 18.3 Å². The number of aliphatic hydroxyl groups is 2. The largest absolute Gasteiger partial charge is 0.455 e. The smallest absolute Gasteiger partial charge is 0.331 e. The maximum Gasteiger partial charge on any atom is 0.331 e. The molecule has 1 saturated heterocycles. The quantitative estimate of drug-likeness (QED) is 0.195. The molecule has 0 aliphatic carbocycles. The number of ether oxygens (including phenoxy) is 3. The molecule has 0 aromatic heterocycles. The van der Waals surface area contributed by atoms with Crippen molar-refractivity contribution in [2.24, 2.45) is 17.8 Å². The number of esters is 2. The van der Waals surface area contributed by atoms with Crippen molar-refractivity contribution >= 4 is 11.9 Å². The normalized spacial score (nSPS) is 35.4. The van der Waals surface area contributed by atoms with Crippen molar-refractivity contribution in [3.63, 3.8) is 0 Å². The maximum atomic E-state index is 12.5. The third-order valence-corrected chi connectivity index (χ3v) is 7.30. The van der Waals surface area contributed by atoms with Crippen molar-refractivity contribution in [3.05, 3.63) is 48.1 Å². The molecule has 37 heavy (non-hydrogen) atoms. The minimum atomic E-state index is -1.27. The van der Waals surface area contributed by atoms with Crippen molar-refractivity contribution in [3.8, 4) is 0 Å². The molecule has 0 aromatic carbocycles. The van der Waals surface area contributed by atoms with E-state index in [0.29, 0.717) is 12.8 Å². The summed E-state index contributed by atoms with van der Waals surface area (Å²) in [5.41, 5.74) is -0.402. The van der Waals surface area contributed by atoms with E-state index in [2.05, 4.69) is 13.0 Å². The fourth-order valence-corrected chi connectivity index (χ4v) is 4.74. The van der Waals surface area contributed by atoms with Crippen molar-refractivity contribution in [2.75, 3.05) is 0 Å². The fourth-order valence-electron chi connectivity index (χ4n) is 4.74. The zero-order valence-electron chi connectivity index (χ0n) is 23.4. The van der Waals surface area contributed by atoms with E-state index in [-0.39, 0.29) is 36.1 Å². The molecule has 9 atom stereocenters. The minimum Gasteiger partial charge on any atom is -0.455 e. The first-order chi connectivity index (χ1) is 17.4. The second-order valence-electron chi connectivity index (χ2n) is 10.9. The van der Waals surface area contributed by atoms with Crippen molar-refractivity contribution in [1.82, 2.24) is 0 Å². The molecule has 2 rings (SSSR count). The van der Waals surface area contributed by atoms with E-state index < -0.39 is 29.7 Å². The van der Waals surface area contributed by atoms with Gasteiger partial charge in [0.2, 0.25) is 0 Å². The highest BCUT2D eigenvalue weighted by molar-refractivity contribution is 5.82. The van der Waals surface area contributed by atoms with E-state index in [4.69, 9.17) is 14.2 Å². The predicted molar refractivity (Wildman–Crippen MR) is 144 cm³/mol. The first-order valence-corrected chi connectivity index (χ1v) is 13.5. The third-order valence-electron chi connectivity index (χ3n) is 7.30. The summed E-state index contributed by atoms with van der Waals surface area (Å²) in [6.45, 7) is 12.9.